The Morgan fingerprint density at radius 3 is 1.00 bits per heavy atom. The van der Waals surface area contributed by atoms with E-state index in [2.05, 4.69) is 0 Å². The molecule has 0 heterocycles. The van der Waals surface area contributed by atoms with Crippen LogP contribution in [0.3, 0.4) is 0 Å². The largest absolute Gasteiger partial charge is 2.00 e. The topological polar surface area (TPSA) is 69.2 Å². The first-order chi connectivity index (χ1) is 1.73. The standard InChI is InChI=1S/BO3.Co.Mg/c2-1(3)4;;/q-3;2*+2. The molecule has 0 unspecified atom stereocenters. The Morgan fingerprint density at radius 1 is 1.00 bits per heavy atom. The Labute approximate surface area is 62.3 Å². The normalized spacial score (nSPS) is 4.50. The van der Waals surface area contributed by atoms with Crippen molar-refractivity contribution in [1.82, 2.24) is 0 Å². The van der Waals surface area contributed by atoms with E-state index in [9.17, 15) is 0 Å². The van der Waals surface area contributed by atoms with Gasteiger partial charge in [-0.05, 0) is 0 Å². The van der Waals surface area contributed by atoms with E-state index < -0.39 is 7.32 Å². The summed E-state index contributed by atoms with van der Waals surface area (Å²) in [6, 6.07) is 0. The summed E-state index contributed by atoms with van der Waals surface area (Å²) in [5, 5.41) is 25.2. The molecule has 0 rings (SSSR count). The molecule has 0 aliphatic carbocycles. The molecule has 0 saturated heterocycles. The van der Waals surface area contributed by atoms with Gasteiger partial charge in [0.25, 0.3) is 0 Å². The molecular weight excluding hydrogens is 142 g/mol. The summed E-state index contributed by atoms with van der Waals surface area (Å²) in [5.74, 6) is 0. The third-order valence-corrected chi connectivity index (χ3v) is 0. The van der Waals surface area contributed by atoms with Crippen LogP contribution in [0.25, 0.3) is 0 Å². The smallest absolute Gasteiger partial charge is 0.907 e. The minimum atomic E-state index is -2.92. The van der Waals surface area contributed by atoms with E-state index in [1.807, 2.05) is 0 Å². The van der Waals surface area contributed by atoms with Gasteiger partial charge in [-0.25, -0.2) is 0 Å². The van der Waals surface area contributed by atoms with Crippen LogP contribution in [0.4, 0.5) is 0 Å². The summed E-state index contributed by atoms with van der Waals surface area (Å²) >= 11 is 0. The monoisotopic (exact) mass is 142 g/mol. The van der Waals surface area contributed by atoms with Gasteiger partial charge in [-0.1, -0.05) is 0 Å². The van der Waals surface area contributed by atoms with Crippen molar-refractivity contribution in [2.24, 2.45) is 0 Å². The fraction of sp³-hybridized carbons (Fsp3) is 0. The molecule has 0 fully saturated rings. The molecule has 0 saturated carbocycles. The second-order valence-corrected chi connectivity index (χ2v) is 0.289. The minimum absolute atomic E-state index is 0. The van der Waals surface area contributed by atoms with E-state index in [1.165, 1.54) is 0 Å². The molecule has 6 heteroatoms. The molecule has 3 nitrogen and oxygen atoms in total. The first-order valence-corrected chi connectivity index (χ1v) is 0.707. The summed E-state index contributed by atoms with van der Waals surface area (Å²) in [6.07, 6.45) is 0. The van der Waals surface area contributed by atoms with Crippen molar-refractivity contribution in [3.8, 4) is 0 Å². The quantitative estimate of drug-likeness (QED) is 0.321. The Morgan fingerprint density at radius 2 is 1.00 bits per heavy atom. The number of rotatable bonds is 0. The van der Waals surface area contributed by atoms with Gasteiger partial charge in [-0.2, -0.15) is 0 Å². The molecular formula is BCoMgO3+. The van der Waals surface area contributed by atoms with E-state index in [1.54, 1.807) is 0 Å². The van der Waals surface area contributed by atoms with Gasteiger partial charge in [0.15, 0.2) is 0 Å². The molecule has 31 valence electrons. The molecule has 0 aromatic heterocycles. The zero-order valence-electron chi connectivity index (χ0n) is 2.84. The van der Waals surface area contributed by atoms with Gasteiger partial charge in [0.1, 0.15) is 0 Å². The van der Waals surface area contributed by atoms with Gasteiger partial charge in [0.05, 0.1) is 0 Å². The van der Waals surface area contributed by atoms with E-state index >= 15 is 0 Å². The summed E-state index contributed by atoms with van der Waals surface area (Å²) in [4.78, 5) is 0. The van der Waals surface area contributed by atoms with Crippen molar-refractivity contribution >= 4 is 30.4 Å². The second-order valence-electron chi connectivity index (χ2n) is 0.289. The zero-order chi connectivity index (χ0) is 3.58. The maximum Gasteiger partial charge on any atom is 2.00 e. The average Bonchev–Trinajstić information content (AvgIpc) is 0.811. The first-order valence-electron chi connectivity index (χ1n) is 0.707. The van der Waals surface area contributed by atoms with Crippen LogP contribution in [0.1, 0.15) is 0 Å². The molecule has 0 aromatic rings. The van der Waals surface area contributed by atoms with Gasteiger partial charge in [0.2, 0.25) is 0 Å². The molecule has 0 atom stereocenters. The first kappa shape index (κ1) is 15.7. The number of hydrogen-bond donors (Lipinski definition) is 0. The molecule has 0 spiro atoms. The van der Waals surface area contributed by atoms with Crippen LogP contribution in [0.15, 0.2) is 0 Å². The van der Waals surface area contributed by atoms with Crippen molar-refractivity contribution in [1.29, 1.82) is 0 Å². The second kappa shape index (κ2) is 9.52. The van der Waals surface area contributed by atoms with Crippen LogP contribution in [-0.4, -0.2) is 30.4 Å². The molecule has 0 aliphatic heterocycles. The van der Waals surface area contributed by atoms with Crippen LogP contribution in [0, 0.1) is 0 Å². The van der Waals surface area contributed by atoms with E-state index in [0.717, 1.165) is 0 Å². The maximum atomic E-state index is 8.42. The van der Waals surface area contributed by atoms with Gasteiger partial charge in [-0.3, -0.25) is 7.32 Å². The number of hydrogen-bond acceptors (Lipinski definition) is 3. The van der Waals surface area contributed by atoms with Crippen molar-refractivity contribution in [2.75, 3.05) is 0 Å². The van der Waals surface area contributed by atoms with Crippen molar-refractivity contribution < 1.29 is 31.9 Å². The SMILES string of the molecule is [Co+2].[Mg+2].[O-]B([O-])[O-]. The molecule has 0 aromatic carbocycles. The summed E-state index contributed by atoms with van der Waals surface area (Å²) < 4.78 is 0. The predicted octanol–water partition coefficient (Wildman–Crippen LogP) is -4.33. The van der Waals surface area contributed by atoms with Crippen LogP contribution < -0.4 is 15.1 Å². The Balaban J connectivity index is -0.0000000450. The molecule has 0 aliphatic rings. The summed E-state index contributed by atoms with van der Waals surface area (Å²) in [7, 11) is -2.92. The van der Waals surface area contributed by atoms with Crippen molar-refractivity contribution in [2.45, 2.75) is 0 Å². The zero-order valence-corrected chi connectivity index (χ0v) is 5.30. The van der Waals surface area contributed by atoms with Crippen LogP contribution in [0.5, 0.6) is 0 Å². The van der Waals surface area contributed by atoms with E-state index in [0.29, 0.717) is 0 Å². The van der Waals surface area contributed by atoms with Crippen LogP contribution >= 0.6 is 0 Å². The Hall–Kier alpha value is 1.22. The van der Waals surface area contributed by atoms with Gasteiger partial charge >= 0.3 is 39.8 Å². The van der Waals surface area contributed by atoms with Crippen molar-refractivity contribution in [3.63, 3.8) is 0 Å². The Bertz CT molecular complexity index is 15.5. The maximum absolute atomic E-state index is 8.42. The van der Waals surface area contributed by atoms with Crippen LogP contribution in [0.2, 0.25) is 0 Å². The fourth-order valence-corrected chi connectivity index (χ4v) is 0. The molecule has 1 radical (unpaired) electrons. The minimum Gasteiger partial charge on any atom is -0.907 e. The van der Waals surface area contributed by atoms with Crippen molar-refractivity contribution in [3.05, 3.63) is 0 Å². The third kappa shape index (κ3) is 62.6. The molecule has 0 amide bonds. The molecule has 0 N–H and O–H groups in total. The van der Waals surface area contributed by atoms with Crippen LogP contribution in [-0.2, 0) is 16.8 Å². The summed E-state index contributed by atoms with van der Waals surface area (Å²) in [5.41, 5.74) is 0. The fourth-order valence-electron chi connectivity index (χ4n) is 0. The van der Waals surface area contributed by atoms with Gasteiger partial charge in [-0.15, -0.1) is 0 Å². The molecule has 6 heavy (non-hydrogen) atoms. The van der Waals surface area contributed by atoms with E-state index in [4.69, 9.17) is 15.1 Å². The molecule has 0 bridgehead atoms. The summed E-state index contributed by atoms with van der Waals surface area (Å²) in [6.45, 7) is 0. The Kier molecular flexibility index (Phi) is 24.9. The van der Waals surface area contributed by atoms with Gasteiger partial charge in [0, 0.05) is 0 Å². The van der Waals surface area contributed by atoms with Gasteiger partial charge < -0.3 is 15.1 Å². The van der Waals surface area contributed by atoms with E-state index in [-0.39, 0.29) is 39.8 Å². The predicted molar refractivity (Wildman–Crippen MR) is 11.5 cm³/mol. The third-order valence-electron chi connectivity index (χ3n) is 0. The average molecular weight is 142 g/mol.